The Morgan fingerprint density at radius 1 is 1.20 bits per heavy atom. The maximum Gasteiger partial charge on any atom is 0.274 e. The Morgan fingerprint density at radius 2 is 1.96 bits per heavy atom. The number of rotatable bonds is 3. The molecule has 0 aliphatic rings. The Balaban J connectivity index is 2.04. The zero-order chi connectivity index (χ0) is 18.1. The van der Waals surface area contributed by atoms with Crippen LogP contribution in [0.4, 0.5) is 15.8 Å². The quantitative estimate of drug-likeness (QED) is 0.574. The highest BCUT2D eigenvalue weighted by Crippen LogP contribution is 2.26. The number of carbonyl (C=O) groups is 1. The molecule has 0 fully saturated rings. The molecule has 0 atom stereocenters. The lowest BCUT2D eigenvalue weighted by atomic mass is 10.1. The Morgan fingerprint density at radius 3 is 2.68 bits per heavy atom. The average molecular weight is 339 g/mol. The lowest BCUT2D eigenvalue weighted by molar-refractivity contribution is -0.385. The second-order valence-corrected chi connectivity index (χ2v) is 5.63. The van der Waals surface area contributed by atoms with Crippen molar-refractivity contribution in [2.45, 2.75) is 13.8 Å². The number of aryl methyl sites for hydroxylation is 1. The van der Waals surface area contributed by atoms with Gasteiger partial charge in [0.15, 0.2) is 0 Å². The fourth-order valence-electron chi connectivity index (χ4n) is 2.67. The first-order valence-electron chi connectivity index (χ1n) is 7.49. The van der Waals surface area contributed by atoms with Crippen molar-refractivity contribution < 1.29 is 14.1 Å². The van der Waals surface area contributed by atoms with Crippen molar-refractivity contribution in [3.8, 4) is 0 Å². The van der Waals surface area contributed by atoms with E-state index >= 15 is 0 Å². The van der Waals surface area contributed by atoms with Crippen LogP contribution in [0.1, 0.15) is 21.6 Å². The molecule has 0 unspecified atom stereocenters. The number of carbonyl (C=O) groups excluding carboxylic acids is 1. The largest absolute Gasteiger partial charge is 0.321 e. The molecule has 0 aliphatic carbocycles. The van der Waals surface area contributed by atoms with Crippen LogP contribution in [0.3, 0.4) is 0 Å². The van der Waals surface area contributed by atoms with E-state index in [1.165, 1.54) is 30.3 Å². The number of anilines is 1. The van der Waals surface area contributed by atoms with Crippen LogP contribution >= 0.6 is 0 Å². The predicted molar refractivity (Wildman–Crippen MR) is 92.2 cm³/mol. The summed E-state index contributed by atoms with van der Waals surface area (Å²) < 4.78 is 13.4. The van der Waals surface area contributed by atoms with Gasteiger partial charge in [0.05, 0.1) is 27.3 Å². The molecule has 0 saturated carbocycles. The van der Waals surface area contributed by atoms with E-state index in [0.29, 0.717) is 33.4 Å². The van der Waals surface area contributed by atoms with Crippen LogP contribution in [-0.4, -0.2) is 15.8 Å². The Bertz CT molecular complexity index is 1010. The summed E-state index contributed by atoms with van der Waals surface area (Å²) in [7, 11) is 0. The molecule has 3 rings (SSSR count). The van der Waals surface area contributed by atoms with Crippen LogP contribution in [0.25, 0.3) is 10.9 Å². The Kier molecular flexibility index (Phi) is 4.14. The van der Waals surface area contributed by atoms with E-state index < -0.39 is 16.6 Å². The van der Waals surface area contributed by atoms with E-state index in [4.69, 9.17) is 0 Å². The molecule has 0 bridgehead atoms. The molecule has 126 valence electrons. The molecule has 7 heteroatoms. The van der Waals surface area contributed by atoms with Gasteiger partial charge in [-0.2, -0.15) is 0 Å². The van der Waals surface area contributed by atoms with Crippen molar-refractivity contribution in [2.75, 3.05) is 5.32 Å². The Hall–Kier alpha value is -3.35. The van der Waals surface area contributed by atoms with Crippen molar-refractivity contribution in [3.05, 3.63) is 75.2 Å². The molecule has 1 N–H and O–H groups in total. The summed E-state index contributed by atoms with van der Waals surface area (Å²) in [5.74, 6) is -0.878. The second kappa shape index (κ2) is 6.27. The molecule has 2 aromatic carbocycles. The van der Waals surface area contributed by atoms with Gasteiger partial charge in [0, 0.05) is 23.2 Å². The molecular formula is C18H14FN3O3. The monoisotopic (exact) mass is 339 g/mol. The van der Waals surface area contributed by atoms with Gasteiger partial charge < -0.3 is 5.32 Å². The molecule has 1 heterocycles. The van der Waals surface area contributed by atoms with Crippen molar-refractivity contribution in [1.29, 1.82) is 0 Å². The first kappa shape index (κ1) is 16.5. The van der Waals surface area contributed by atoms with Gasteiger partial charge in [0.1, 0.15) is 5.82 Å². The molecule has 1 amide bonds. The molecule has 1 aromatic heterocycles. The zero-order valence-electron chi connectivity index (χ0n) is 13.5. The number of halogens is 1. The SMILES string of the molecule is Cc1cc(C(=O)Nc2cccc([N+](=O)[O-])c2C)c2ccc(F)cc2n1. The lowest BCUT2D eigenvalue weighted by Crippen LogP contribution is -2.14. The highest BCUT2D eigenvalue weighted by Gasteiger charge is 2.17. The van der Waals surface area contributed by atoms with Gasteiger partial charge in [-0.3, -0.25) is 19.9 Å². The number of benzene rings is 2. The van der Waals surface area contributed by atoms with Crippen molar-refractivity contribution in [2.24, 2.45) is 0 Å². The van der Waals surface area contributed by atoms with E-state index in [0.717, 1.165) is 0 Å². The third-order valence-corrected chi connectivity index (χ3v) is 3.89. The summed E-state index contributed by atoms with van der Waals surface area (Å²) in [5, 5.41) is 14.2. The lowest BCUT2D eigenvalue weighted by Gasteiger charge is -2.11. The fourth-order valence-corrected chi connectivity index (χ4v) is 2.67. The van der Waals surface area contributed by atoms with Crippen LogP contribution in [0.2, 0.25) is 0 Å². The number of hydrogen-bond donors (Lipinski definition) is 1. The molecule has 25 heavy (non-hydrogen) atoms. The van der Waals surface area contributed by atoms with Gasteiger partial charge in [-0.05, 0) is 38.1 Å². The first-order chi connectivity index (χ1) is 11.9. The standard InChI is InChI=1S/C18H14FN3O3/c1-10-8-14(13-7-6-12(19)9-16(13)20-10)18(23)21-15-4-3-5-17(11(15)2)22(24)25/h3-9H,1-2H3,(H,21,23). The fraction of sp³-hybridized carbons (Fsp3) is 0.111. The maximum atomic E-state index is 13.4. The Labute approximate surface area is 142 Å². The van der Waals surface area contributed by atoms with Crippen LogP contribution in [0.5, 0.6) is 0 Å². The van der Waals surface area contributed by atoms with Crippen LogP contribution in [0.15, 0.2) is 42.5 Å². The maximum absolute atomic E-state index is 13.4. The summed E-state index contributed by atoms with van der Waals surface area (Å²) >= 11 is 0. The van der Waals surface area contributed by atoms with E-state index in [-0.39, 0.29) is 5.69 Å². The number of hydrogen-bond acceptors (Lipinski definition) is 4. The first-order valence-corrected chi connectivity index (χ1v) is 7.49. The third-order valence-electron chi connectivity index (χ3n) is 3.89. The zero-order valence-corrected chi connectivity index (χ0v) is 13.5. The molecule has 0 saturated heterocycles. The number of nitro groups is 1. The molecule has 0 spiro atoms. The van der Waals surface area contributed by atoms with Gasteiger partial charge in [-0.15, -0.1) is 0 Å². The van der Waals surface area contributed by atoms with Crippen molar-refractivity contribution >= 4 is 28.2 Å². The number of nitrogens with one attached hydrogen (secondary N) is 1. The third kappa shape index (κ3) is 3.16. The van der Waals surface area contributed by atoms with Gasteiger partial charge in [0.25, 0.3) is 11.6 Å². The minimum atomic E-state index is -0.500. The number of fused-ring (bicyclic) bond motifs is 1. The van der Waals surface area contributed by atoms with E-state index in [1.807, 2.05) is 0 Å². The number of amides is 1. The normalized spacial score (nSPS) is 10.7. The van der Waals surface area contributed by atoms with Gasteiger partial charge >= 0.3 is 0 Å². The van der Waals surface area contributed by atoms with Crippen LogP contribution in [0, 0.1) is 29.8 Å². The van der Waals surface area contributed by atoms with Gasteiger partial charge in [0.2, 0.25) is 0 Å². The number of aromatic nitrogens is 1. The molecule has 0 aliphatic heterocycles. The predicted octanol–water partition coefficient (Wildman–Crippen LogP) is 4.15. The van der Waals surface area contributed by atoms with Crippen LogP contribution < -0.4 is 5.32 Å². The second-order valence-electron chi connectivity index (χ2n) is 5.63. The summed E-state index contributed by atoms with van der Waals surface area (Å²) in [5.41, 5.74) is 1.91. The highest BCUT2D eigenvalue weighted by molar-refractivity contribution is 6.12. The van der Waals surface area contributed by atoms with E-state index in [1.54, 1.807) is 26.0 Å². The number of nitro benzene ring substituents is 1. The topological polar surface area (TPSA) is 85.1 Å². The van der Waals surface area contributed by atoms with Crippen molar-refractivity contribution in [3.63, 3.8) is 0 Å². The number of nitrogens with zero attached hydrogens (tertiary/aromatic N) is 2. The van der Waals surface area contributed by atoms with Crippen LogP contribution in [-0.2, 0) is 0 Å². The minimum absolute atomic E-state index is 0.0735. The van der Waals surface area contributed by atoms with E-state index in [9.17, 15) is 19.3 Å². The molecule has 0 radical (unpaired) electrons. The molecular weight excluding hydrogens is 325 g/mol. The van der Waals surface area contributed by atoms with Gasteiger partial charge in [-0.1, -0.05) is 6.07 Å². The smallest absolute Gasteiger partial charge is 0.274 e. The van der Waals surface area contributed by atoms with Gasteiger partial charge in [-0.25, -0.2) is 4.39 Å². The summed E-state index contributed by atoms with van der Waals surface area (Å²) in [4.78, 5) is 27.5. The summed E-state index contributed by atoms with van der Waals surface area (Å²) in [6.07, 6.45) is 0. The number of pyridine rings is 1. The summed E-state index contributed by atoms with van der Waals surface area (Å²) in [6.45, 7) is 3.28. The average Bonchev–Trinajstić information content (AvgIpc) is 2.55. The molecule has 6 nitrogen and oxygen atoms in total. The highest BCUT2D eigenvalue weighted by atomic mass is 19.1. The molecule has 3 aromatic rings. The van der Waals surface area contributed by atoms with E-state index in [2.05, 4.69) is 10.3 Å². The minimum Gasteiger partial charge on any atom is -0.321 e. The van der Waals surface area contributed by atoms with Crippen molar-refractivity contribution in [1.82, 2.24) is 4.98 Å². The summed E-state index contributed by atoms with van der Waals surface area (Å²) in [6, 6.07) is 10.1.